The first-order chi connectivity index (χ1) is 4.95. The van der Waals surface area contributed by atoms with E-state index in [0.29, 0.717) is 0 Å². The maximum Gasteiger partial charge on any atom is 0.00502 e. The van der Waals surface area contributed by atoms with Gasteiger partial charge >= 0.3 is 0 Å². The summed E-state index contributed by atoms with van der Waals surface area (Å²) in [4.78, 5) is 0. The van der Waals surface area contributed by atoms with Crippen molar-refractivity contribution in [1.82, 2.24) is 0 Å². The Balaban J connectivity index is 1.91. The van der Waals surface area contributed by atoms with Gasteiger partial charge in [-0.2, -0.15) is 11.8 Å². The van der Waals surface area contributed by atoms with E-state index in [0.717, 1.165) is 10.5 Å². The minimum absolute atomic E-state index is 1.06. The van der Waals surface area contributed by atoms with E-state index in [1.807, 2.05) is 0 Å². The first-order valence-corrected chi connectivity index (χ1v) is 5.55. The minimum Gasteiger partial charge on any atom is -0.155 e. The molecule has 2 rings (SSSR count). The molecule has 0 aromatic heterocycles. The van der Waals surface area contributed by atoms with Gasteiger partial charge in [-0.25, -0.2) is 0 Å². The molecule has 0 aliphatic carbocycles. The SMILES string of the molecule is C1CCC2CCC(CC1)S2. The van der Waals surface area contributed by atoms with Crippen molar-refractivity contribution in [1.29, 1.82) is 0 Å². The van der Waals surface area contributed by atoms with Crippen molar-refractivity contribution in [2.75, 3.05) is 0 Å². The van der Waals surface area contributed by atoms with Crippen LogP contribution in [0.5, 0.6) is 0 Å². The second-order valence-electron chi connectivity index (χ2n) is 3.60. The van der Waals surface area contributed by atoms with Crippen LogP contribution in [-0.2, 0) is 0 Å². The number of rotatable bonds is 0. The number of thioether (sulfide) groups is 1. The zero-order valence-corrected chi connectivity index (χ0v) is 7.33. The summed E-state index contributed by atoms with van der Waals surface area (Å²) < 4.78 is 0. The second-order valence-corrected chi connectivity index (χ2v) is 5.20. The molecule has 2 unspecified atom stereocenters. The molecular formula is C9H16S. The lowest BCUT2D eigenvalue weighted by atomic mass is 10.1. The van der Waals surface area contributed by atoms with Gasteiger partial charge in [0, 0.05) is 10.5 Å². The zero-order valence-electron chi connectivity index (χ0n) is 6.51. The van der Waals surface area contributed by atoms with Crippen LogP contribution >= 0.6 is 11.8 Å². The van der Waals surface area contributed by atoms with Crippen LogP contribution in [0.3, 0.4) is 0 Å². The summed E-state index contributed by atoms with van der Waals surface area (Å²) >= 11 is 2.29. The average Bonchev–Trinajstić information content (AvgIpc) is 2.30. The summed E-state index contributed by atoms with van der Waals surface area (Å²) in [6.45, 7) is 0. The van der Waals surface area contributed by atoms with Crippen LogP contribution in [0.2, 0.25) is 0 Å². The highest BCUT2D eigenvalue weighted by Gasteiger charge is 2.25. The molecule has 2 fully saturated rings. The molecule has 0 N–H and O–H groups in total. The molecule has 2 aliphatic heterocycles. The molecule has 0 aromatic rings. The Morgan fingerprint density at radius 2 is 1.30 bits per heavy atom. The highest BCUT2D eigenvalue weighted by molar-refractivity contribution is 8.00. The molecule has 0 spiro atoms. The quantitative estimate of drug-likeness (QED) is 0.519. The molecule has 2 heterocycles. The number of hydrogen-bond donors (Lipinski definition) is 0. The summed E-state index contributed by atoms with van der Waals surface area (Å²) in [5.74, 6) is 0. The van der Waals surface area contributed by atoms with Crippen molar-refractivity contribution in [3.8, 4) is 0 Å². The summed E-state index contributed by atoms with van der Waals surface area (Å²) in [7, 11) is 0. The molecule has 2 aliphatic rings. The molecule has 58 valence electrons. The van der Waals surface area contributed by atoms with Gasteiger partial charge in [-0.3, -0.25) is 0 Å². The Bertz CT molecular complexity index is 99.3. The largest absolute Gasteiger partial charge is 0.155 e. The van der Waals surface area contributed by atoms with Crippen LogP contribution in [0, 0.1) is 0 Å². The fourth-order valence-corrected chi connectivity index (χ4v) is 3.82. The molecule has 2 saturated heterocycles. The first kappa shape index (κ1) is 7.02. The van der Waals surface area contributed by atoms with Gasteiger partial charge in [0.15, 0.2) is 0 Å². The monoisotopic (exact) mass is 156 g/mol. The predicted octanol–water partition coefficient (Wildman–Crippen LogP) is 3.21. The molecule has 1 heteroatoms. The Morgan fingerprint density at radius 3 is 1.90 bits per heavy atom. The summed E-state index contributed by atoms with van der Waals surface area (Å²) in [6, 6.07) is 0. The highest BCUT2D eigenvalue weighted by atomic mass is 32.2. The third-order valence-electron chi connectivity index (χ3n) is 2.75. The third kappa shape index (κ3) is 1.50. The van der Waals surface area contributed by atoms with Crippen molar-refractivity contribution in [3.63, 3.8) is 0 Å². The molecule has 0 radical (unpaired) electrons. The lowest BCUT2D eigenvalue weighted by Gasteiger charge is -2.14. The van der Waals surface area contributed by atoms with E-state index in [-0.39, 0.29) is 0 Å². The summed E-state index contributed by atoms with van der Waals surface area (Å²) in [6.07, 6.45) is 10.6. The Morgan fingerprint density at radius 1 is 0.700 bits per heavy atom. The van der Waals surface area contributed by atoms with Crippen LogP contribution in [0.25, 0.3) is 0 Å². The Hall–Kier alpha value is 0.350. The fourth-order valence-electron chi connectivity index (χ4n) is 2.13. The zero-order chi connectivity index (χ0) is 6.81. The maximum atomic E-state index is 2.29. The van der Waals surface area contributed by atoms with Gasteiger partial charge in [0.25, 0.3) is 0 Å². The van der Waals surface area contributed by atoms with Gasteiger partial charge in [-0.05, 0) is 25.7 Å². The van der Waals surface area contributed by atoms with Crippen molar-refractivity contribution < 1.29 is 0 Å². The highest BCUT2D eigenvalue weighted by Crippen LogP contribution is 2.40. The van der Waals surface area contributed by atoms with Crippen LogP contribution in [0.15, 0.2) is 0 Å². The van der Waals surface area contributed by atoms with E-state index < -0.39 is 0 Å². The Kier molecular flexibility index (Phi) is 2.22. The molecular weight excluding hydrogens is 140 g/mol. The van der Waals surface area contributed by atoms with Crippen LogP contribution in [0.1, 0.15) is 44.9 Å². The fraction of sp³-hybridized carbons (Fsp3) is 1.00. The number of hydrogen-bond acceptors (Lipinski definition) is 1. The molecule has 0 saturated carbocycles. The molecule has 2 atom stereocenters. The lowest BCUT2D eigenvalue weighted by Crippen LogP contribution is -2.01. The molecule has 2 bridgehead atoms. The maximum absolute atomic E-state index is 2.29. The van der Waals surface area contributed by atoms with E-state index in [9.17, 15) is 0 Å². The van der Waals surface area contributed by atoms with E-state index in [2.05, 4.69) is 11.8 Å². The van der Waals surface area contributed by atoms with E-state index in [1.54, 1.807) is 0 Å². The van der Waals surface area contributed by atoms with Gasteiger partial charge in [0.05, 0.1) is 0 Å². The van der Waals surface area contributed by atoms with Crippen molar-refractivity contribution >= 4 is 11.8 Å². The first-order valence-electron chi connectivity index (χ1n) is 4.60. The van der Waals surface area contributed by atoms with Gasteiger partial charge in [-0.1, -0.05) is 19.3 Å². The number of fused-ring (bicyclic) bond motifs is 2. The van der Waals surface area contributed by atoms with Crippen LogP contribution in [-0.4, -0.2) is 10.5 Å². The lowest BCUT2D eigenvalue weighted by molar-refractivity contribution is 0.618. The average molecular weight is 156 g/mol. The third-order valence-corrected chi connectivity index (χ3v) is 4.46. The normalized spacial score (nSPS) is 40.8. The van der Waals surface area contributed by atoms with Crippen LogP contribution < -0.4 is 0 Å². The van der Waals surface area contributed by atoms with Gasteiger partial charge in [0.2, 0.25) is 0 Å². The molecule has 10 heavy (non-hydrogen) atoms. The molecule has 0 amide bonds. The van der Waals surface area contributed by atoms with E-state index in [1.165, 1.54) is 44.9 Å². The minimum atomic E-state index is 1.06. The standard InChI is InChI=1S/C9H16S/c1-2-4-8-6-7-9(10-8)5-3-1/h8-9H,1-7H2. The van der Waals surface area contributed by atoms with E-state index >= 15 is 0 Å². The predicted molar refractivity (Wildman–Crippen MR) is 47.5 cm³/mol. The topological polar surface area (TPSA) is 0 Å². The summed E-state index contributed by atoms with van der Waals surface area (Å²) in [5, 5.41) is 2.12. The van der Waals surface area contributed by atoms with Crippen molar-refractivity contribution in [2.45, 2.75) is 55.4 Å². The molecule has 0 nitrogen and oxygen atoms in total. The van der Waals surface area contributed by atoms with Crippen molar-refractivity contribution in [2.24, 2.45) is 0 Å². The van der Waals surface area contributed by atoms with Gasteiger partial charge < -0.3 is 0 Å². The van der Waals surface area contributed by atoms with Crippen LogP contribution in [0.4, 0.5) is 0 Å². The van der Waals surface area contributed by atoms with Gasteiger partial charge in [-0.15, -0.1) is 0 Å². The Labute approximate surface area is 67.8 Å². The van der Waals surface area contributed by atoms with Gasteiger partial charge in [0.1, 0.15) is 0 Å². The van der Waals surface area contributed by atoms with E-state index in [4.69, 9.17) is 0 Å². The summed E-state index contributed by atoms with van der Waals surface area (Å²) in [5.41, 5.74) is 0. The molecule has 0 aromatic carbocycles. The second kappa shape index (κ2) is 3.17. The van der Waals surface area contributed by atoms with Crippen molar-refractivity contribution in [3.05, 3.63) is 0 Å². The smallest absolute Gasteiger partial charge is 0.00502 e.